The minimum Gasteiger partial charge on any atom is -0.481 e. The van der Waals surface area contributed by atoms with E-state index >= 15 is 0 Å². The SMILES string of the molecule is CC(Oc1ccccc1C(C)C)C(=O)N(C)CCO. The Morgan fingerprint density at radius 1 is 1.32 bits per heavy atom. The van der Waals surface area contributed by atoms with Crippen molar-refractivity contribution in [1.82, 2.24) is 4.90 Å². The molecule has 0 fully saturated rings. The van der Waals surface area contributed by atoms with Gasteiger partial charge in [-0.15, -0.1) is 0 Å². The maximum atomic E-state index is 12.0. The Balaban J connectivity index is 2.77. The topological polar surface area (TPSA) is 49.8 Å². The number of rotatable bonds is 6. The largest absolute Gasteiger partial charge is 0.481 e. The molecule has 1 rings (SSSR count). The zero-order valence-electron chi connectivity index (χ0n) is 12.1. The Morgan fingerprint density at radius 3 is 2.53 bits per heavy atom. The van der Waals surface area contributed by atoms with Gasteiger partial charge in [0.25, 0.3) is 5.91 Å². The van der Waals surface area contributed by atoms with Crippen LogP contribution in [0.4, 0.5) is 0 Å². The fraction of sp³-hybridized carbons (Fsp3) is 0.533. The second-order valence-corrected chi connectivity index (χ2v) is 4.94. The number of ether oxygens (including phenoxy) is 1. The molecular weight excluding hydrogens is 242 g/mol. The van der Waals surface area contributed by atoms with Gasteiger partial charge in [-0.2, -0.15) is 0 Å². The van der Waals surface area contributed by atoms with Crippen LogP contribution in [0.2, 0.25) is 0 Å². The summed E-state index contributed by atoms with van der Waals surface area (Å²) < 4.78 is 5.76. The van der Waals surface area contributed by atoms with Gasteiger partial charge < -0.3 is 14.7 Å². The average Bonchev–Trinajstić information content (AvgIpc) is 2.38. The Bertz CT molecular complexity index is 418. The molecule has 1 amide bonds. The number of para-hydroxylation sites is 1. The van der Waals surface area contributed by atoms with Crippen molar-refractivity contribution in [3.05, 3.63) is 29.8 Å². The second kappa shape index (κ2) is 7.14. The third-order valence-corrected chi connectivity index (χ3v) is 3.00. The Labute approximate surface area is 115 Å². The van der Waals surface area contributed by atoms with Gasteiger partial charge in [0.15, 0.2) is 6.10 Å². The van der Waals surface area contributed by atoms with Crippen molar-refractivity contribution in [2.24, 2.45) is 0 Å². The molecule has 0 bridgehead atoms. The van der Waals surface area contributed by atoms with E-state index in [2.05, 4.69) is 13.8 Å². The van der Waals surface area contributed by atoms with Crippen molar-refractivity contribution in [2.45, 2.75) is 32.8 Å². The van der Waals surface area contributed by atoms with Crippen LogP contribution in [0.1, 0.15) is 32.3 Å². The monoisotopic (exact) mass is 265 g/mol. The maximum absolute atomic E-state index is 12.0. The third-order valence-electron chi connectivity index (χ3n) is 3.00. The summed E-state index contributed by atoms with van der Waals surface area (Å²) in [5.41, 5.74) is 1.09. The van der Waals surface area contributed by atoms with E-state index < -0.39 is 6.10 Å². The first kappa shape index (κ1) is 15.5. The number of benzene rings is 1. The molecule has 0 aliphatic carbocycles. The molecule has 0 aromatic heterocycles. The molecule has 0 saturated heterocycles. The zero-order chi connectivity index (χ0) is 14.4. The zero-order valence-corrected chi connectivity index (χ0v) is 12.1. The van der Waals surface area contributed by atoms with Crippen molar-refractivity contribution in [3.8, 4) is 5.75 Å². The van der Waals surface area contributed by atoms with Crippen LogP contribution in [-0.4, -0.2) is 42.2 Å². The van der Waals surface area contributed by atoms with Crippen LogP contribution in [0.3, 0.4) is 0 Å². The molecule has 106 valence electrons. The van der Waals surface area contributed by atoms with E-state index in [1.165, 1.54) is 4.90 Å². The number of hydrogen-bond acceptors (Lipinski definition) is 3. The fourth-order valence-electron chi connectivity index (χ4n) is 1.88. The van der Waals surface area contributed by atoms with Gasteiger partial charge in [0.2, 0.25) is 0 Å². The van der Waals surface area contributed by atoms with E-state index in [0.717, 1.165) is 11.3 Å². The summed E-state index contributed by atoms with van der Waals surface area (Å²) in [5.74, 6) is 0.956. The number of nitrogens with zero attached hydrogens (tertiary/aromatic N) is 1. The summed E-state index contributed by atoms with van der Waals surface area (Å²) in [6.45, 7) is 6.18. The summed E-state index contributed by atoms with van der Waals surface area (Å²) in [6, 6.07) is 7.75. The predicted octanol–water partition coefficient (Wildman–Crippen LogP) is 2.03. The van der Waals surface area contributed by atoms with Gasteiger partial charge >= 0.3 is 0 Å². The highest BCUT2D eigenvalue weighted by Gasteiger charge is 2.20. The maximum Gasteiger partial charge on any atom is 0.263 e. The highest BCUT2D eigenvalue weighted by Crippen LogP contribution is 2.26. The van der Waals surface area contributed by atoms with E-state index in [1.807, 2.05) is 24.3 Å². The van der Waals surface area contributed by atoms with Crippen LogP contribution >= 0.6 is 0 Å². The van der Waals surface area contributed by atoms with Gasteiger partial charge in [0.05, 0.1) is 6.61 Å². The van der Waals surface area contributed by atoms with E-state index in [1.54, 1.807) is 14.0 Å². The lowest BCUT2D eigenvalue weighted by molar-refractivity contribution is -0.137. The molecule has 0 aliphatic rings. The molecule has 1 atom stereocenters. The molecule has 0 saturated carbocycles. The van der Waals surface area contributed by atoms with Crippen molar-refractivity contribution >= 4 is 5.91 Å². The van der Waals surface area contributed by atoms with Crippen LogP contribution in [0.15, 0.2) is 24.3 Å². The van der Waals surface area contributed by atoms with Crippen molar-refractivity contribution < 1.29 is 14.6 Å². The number of carbonyl (C=O) groups is 1. The number of aliphatic hydroxyl groups is 1. The Hall–Kier alpha value is -1.55. The first-order chi connectivity index (χ1) is 8.97. The van der Waals surface area contributed by atoms with Gasteiger partial charge in [0, 0.05) is 13.6 Å². The molecule has 19 heavy (non-hydrogen) atoms. The van der Waals surface area contributed by atoms with Gasteiger partial charge in [-0.25, -0.2) is 0 Å². The third kappa shape index (κ3) is 4.24. The first-order valence-corrected chi connectivity index (χ1v) is 6.58. The molecule has 1 aromatic rings. The lowest BCUT2D eigenvalue weighted by atomic mass is 10.0. The molecule has 0 radical (unpaired) electrons. The van der Waals surface area contributed by atoms with Crippen LogP contribution < -0.4 is 4.74 Å². The van der Waals surface area contributed by atoms with E-state index in [9.17, 15) is 4.79 Å². The lowest BCUT2D eigenvalue weighted by Gasteiger charge is -2.23. The highest BCUT2D eigenvalue weighted by atomic mass is 16.5. The van der Waals surface area contributed by atoms with Gasteiger partial charge in [0.1, 0.15) is 5.75 Å². The standard InChI is InChI=1S/C15H23NO3/c1-11(2)13-7-5-6-8-14(13)19-12(3)15(18)16(4)9-10-17/h5-8,11-12,17H,9-10H2,1-4H3. The predicted molar refractivity (Wildman–Crippen MR) is 75.3 cm³/mol. The van der Waals surface area contributed by atoms with E-state index in [0.29, 0.717) is 12.5 Å². The van der Waals surface area contributed by atoms with E-state index in [-0.39, 0.29) is 12.5 Å². The van der Waals surface area contributed by atoms with Gasteiger partial charge in [-0.3, -0.25) is 4.79 Å². The lowest BCUT2D eigenvalue weighted by Crippen LogP contribution is -2.39. The first-order valence-electron chi connectivity index (χ1n) is 6.58. The fourth-order valence-corrected chi connectivity index (χ4v) is 1.88. The van der Waals surface area contributed by atoms with Crippen LogP contribution in [0, 0.1) is 0 Å². The number of amides is 1. The quantitative estimate of drug-likeness (QED) is 0.856. The summed E-state index contributed by atoms with van der Waals surface area (Å²) in [6.07, 6.45) is -0.559. The smallest absolute Gasteiger partial charge is 0.263 e. The molecule has 1 aromatic carbocycles. The minimum absolute atomic E-state index is 0.0441. The number of carbonyl (C=O) groups excluding carboxylic acids is 1. The van der Waals surface area contributed by atoms with Crippen LogP contribution in [-0.2, 0) is 4.79 Å². The molecular formula is C15H23NO3. The van der Waals surface area contributed by atoms with E-state index in [4.69, 9.17) is 9.84 Å². The Morgan fingerprint density at radius 2 is 1.95 bits per heavy atom. The summed E-state index contributed by atoms with van der Waals surface area (Å²) in [4.78, 5) is 13.5. The number of likely N-dealkylation sites (N-methyl/N-ethyl adjacent to an activating group) is 1. The normalized spacial score (nSPS) is 12.3. The van der Waals surface area contributed by atoms with Crippen LogP contribution in [0.5, 0.6) is 5.75 Å². The molecule has 1 N–H and O–H groups in total. The van der Waals surface area contributed by atoms with Gasteiger partial charge in [-0.1, -0.05) is 32.0 Å². The summed E-state index contributed by atoms with van der Waals surface area (Å²) >= 11 is 0. The van der Waals surface area contributed by atoms with Crippen LogP contribution in [0.25, 0.3) is 0 Å². The molecule has 1 unspecified atom stereocenters. The van der Waals surface area contributed by atoms with Gasteiger partial charge in [-0.05, 0) is 24.5 Å². The molecule has 0 spiro atoms. The number of aliphatic hydroxyl groups excluding tert-OH is 1. The molecule has 4 heteroatoms. The van der Waals surface area contributed by atoms with Crippen molar-refractivity contribution in [2.75, 3.05) is 20.2 Å². The number of hydrogen-bond donors (Lipinski definition) is 1. The minimum atomic E-state index is -0.559. The second-order valence-electron chi connectivity index (χ2n) is 4.94. The molecule has 4 nitrogen and oxygen atoms in total. The summed E-state index contributed by atoms with van der Waals surface area (Å²) in [5, 5.41) is 8.84. The Kier molecular flexibility index (Phi) is 5.83. The molecule has 0 aliphatic heterocycles. The van der Waals surface area contributed by atoms with Crippen molar-refractivity contribution in [3.63, 3.8) is 0 Å². The average molecular weight is 265 g/mol. The summed E-state index contributed by atoms with van der Waals surface area (Å²) in [7, 11) is 1.66. The van der Waals surface area contributed by atoms with Crippen molar-refractivity contribution in [1.29, 1.82) is 0 Å². The highest BCUT2D eigenvalue weighted by molar-refractivity contribution is 5.80. The molecule has 0 heterocycles.